The Labute approximate surface area is 116 Å². The number of rotatable bonds is 5. The van der Waals surface area contributed by atoms with Gasteiger partial charge in [0.05, 0.1) is 0 Å². The average Bonchev–Trinajstić information content (AvgIpc) is 2.40. The number of carbonyl (C=O) groups excluding carboxylic acids is 1. The van der Waals surface area contributed by atoms with E-state index in [1.54, 1.807) is 19.1 Å². The Bertz CT molecular complexity index is 606. The highest BCUT2D eigenvalue weighted by Gasteiger charge is 2.07. The van der Waals surface area contributed by atoms with E-state index < -0.39 is 0 Å². The molecule has 0 atom stereocenters. The van der Waals surface area contributed by atoms with E-state index >= 15 is 0 Å². The van der Waals surface area contributed by atoms with Crippen molar-refractivity contribution >= 4 is 5.78 Å². The molecule has 0 heterocycles. The summed E-state index contributed by atoms with van der Waals surface area (Å²) in [4.78, 5) is 11.8. The predicted octanol–water partition coefficient (Wildman–Crippen LogP) is 3.46. The maximum Gasteiger partial charge on any atom is 0.174 e. The molecule has 0 saturated heterocycles. The quantitative estimate of drug-likeness (QED) is 0.836. The smallest absolute Gasteiger partial charge is 0.174 e. The van der Waals surface area contributed by atoms with Crippen molar-refractivity contribution in [3.8, 4) is 5.75 Å². The van der Waals surface area contributed by atoms with Crippen LogP contribution in [0.5, 0.6) is 5.75 Å². The molecule has 104 valence electrons. The van der Waals surface area contributed by atoms with Crippen molar-refractivity contribution in [1.29, 1.82) is 0 Å². The molecule has 0 aliphatic rings. The maximum atomic E-state index is 12.9. The Kier molecular flexibility index (Phi) is 4.45. The van der Waals surface area contributed by atoms with E-state index in [0.29, 0.717) is 11.3 Å². The van der Waals surface area contributed by atoms with E-state index in [4.69, 9.17) is 4.74 Å². The average molecular weight is 276 g/mol. The third-order valence-corrected chi connectivity index (χ3v) is 2.84. The fraction of sp³-hybridized carbons (Fsp3) is 0.188. The van der Waals surface area contributed by atoms with Gasteiger partial charge < -0.3 is 4.74 Å². The lowest BCUT2D eigenvalue weighted by molar-refractivity contribution is -0.120. The van der Waals surface area contributed by atoms with Crippen molar-refractivity contribution in [2.24, 2.45) is 0 Å². The standard InChI is InChI=1S/C16H14F2O2/c1-11-8-14(18)6-7-16(11)20-10-15(19)9-12-2-4-13(17)5-3-12/h2-8H,9-10H2,1H3. The van der Waals surface area contributed by atoms with Gasteiger partial charge in [-0.2, -0.15) is 0 Å². The van der Waals surface area contributed by atoms with Crippen LogP contribution in [0, 0.1) is 18.6 Å². The topological polar surface area (TPSA) is 26.3 Å². The fourth-order valence-corrected chi connectivity index (χ4v) is 1.81. The second-order valence-electron chi connectivity index (χ2n) is 4.54. The summed E-state index contributed by atoms with van der Waals surface area (Å²) in [5, 5.41) is 0. The summed E-state index contributed by atoms with van der Waals surface area (Å²) in [6.07, 6.45) is 0.181. The molecule has 0 fully saturated rings. The first-order valence-electron chi connectivity index (χ1n) is 6.19. The SMILES string of the molecule is Cc1cc(F)ccc1OCC(=O)Cc1ccc(F)cc1. The summed E-state index contributed by atoms with van der Waals surface area (Å²) in [5.74, 6) is -0.314. The van der Waals surface area contributed by atoms with Crippen molar-refractivity contribution < 1.29 is 18.3 Å². The van der Waals surface area contributed by atoms with Crippen LogP contribution in [-0.2, 0) is 11.2 Å². The molecule has 0 aromatic heterocycles. The highest BCUT2D eigenvalue weighted by molar-refractivity contribution is 5.82. The van der Waals surface area contributed by atoms with E-state index in [1.165, 1.54) is 30.3 Å². The van der Waals surface area contributed by atoms with E-state index in [0.717, 1.165) is 5.56 Å². The van der Waals surface area contributed by atoms with E-state index in [9.17, 15) is 13.6 Å². The molecule has 2 aromatic rings. The molecule has 0 spiro atoms. The molecule has 0 bridgehead atoms. The maximum absolute atomic E-state index is 12.9. The van der Waals surface area contributed by atoms with Crippen LogP contribution in [0.4, 0.5) is 8.78 Å². The number of carbonyl (C=O) groups is 1. The first-order chi connectivity index (χ1) is 9.54. The second-order valence-corrected chi connectivity index (χ2v) is 4.54. The van der Waals surface area contributed by atoms with Crippen LogP contribution < -0.4 is 4.74 Å². The van der Waals surface area contributed by atoms with Gasteiger partial charge in [-0.3, -0.25) is 4.79 Å². The van der Waals surface area contributed by atoms with Crippen molar-refractivity contribution in [3.05, 3.63) is 65.2 Å². The lowest BCUT2D eigenvalue weighted by atomic mass is 10.1. The normalized spacial score (nSPS) is 10.3. The third-order valence-electron chi connectivity index (χ3n) is 2.84. The number of ether oxygens (including phenoxy) is 1. The Morgan fingerprint density at radius 2 is 1.70 bits per heavy atom. The van der Waals surface area contributed by atoms with Gasteiger partial charge in [0.15, 0.2) is 5.78 Å². The number of hydrogen-bond donors (Lipinski definition) is 0. The van der Waals surface area contributed by atoms with Gasteiger partial charge in [0.25, 0.3) is 0 Å². The molecule has 2 aromatic carbocycles. The Morgan fingerprint density at radius 3 is 2.35 bits per heavy atom. The van der Waals surface area contributed by atoms with Crippen LogP contribution in [0.15, 0.2) is 42.5 Å². The Balaban J connectivity index is 1.90. The van der Waals surface area contributed by atoms with Gasteiger partial charge in [0, 0.05) is 6.42 Å². The fourth-order valence-electron chi connectivity index (χ4n) is 1.81. The second kappa shape index (κ2) is 6.28. The van der Waals surface area contributed by atoms with Crippen LogP contribution in [0.25, 0.3) is 0 Å². The largest absolute Gasteiger partial charge is 0.486 e. The summed E-state index contributed by atoms with van der Waals surface area (Å²) in [5.41, 5.74) is 1.37. The Hall–Kier alpha value is -2.23. The first kappa shape index (κ1) is 14.2. The number of benzene rings is 2. The van der Waals surface area contributed by atoms with Crippen molar-refractivity contribution in [1.82, 2.24) is 0 Å². The number of aryl methyl sites for hydroxylation is 1. The van der Waals surface area contributed by atoms with Crippen molar-refractivity contribution in [2.75, 3.05) is 6.61 Å². The molecule has 20 heavy (non-hydrogen) atoms. The van der Waals surface area contributed by atoms with Gasteiger partial charge in [-0.05, 0) is 48.4 Å². The minimum Gasteiger partial charge on any atom is -0.486 e. The lowest BCUT2D eigenvalue weighted by Crippen LogP contribution is -2.14. The Morgan fingerprint density at radius 1 is 1.05 bits per heavy atom. The van der Waals surface area contributed by atoms with E-state index in [1.807, 2.05) is 0 Å². The van der Waals surface area contributed by atoms with Crippen molar-refractivity contribution in [3.63, 3.8) is 0 Å². The monoisotopic (exact) mass is 276 g/mol. The highest BCUT2D eigenvalue weighted by Crippen LogP contribution is 2.18. The molecule has 2 rings (SSSR count). The molecule has 0 aliphatic heterocycles. The summed E-state index contributed by atoms with van der Waals surface area (Å²) < 4.78 is 31.0. The number of Topliss-reactive ketones (excluding diaryl/α,β-unsaturated/α-hetero) is 1. The van der Waals surface area contributed by atoms with Gasteiger partial charge in [0.2, 0.25) is 0 Å². The molecule has 4 heteroatoms. The zero-order valence-electron chi connectivity index (χ0n) is 11.0. The number of ketones is 1. The lowest BCUT2D eigenvalue weighted by Gasteiger charge is -2.08. The zero-order chi connectivity index (χ0) is 14.5. The predicted molar refractivity (Wildman–Crippen MR) is 71.7 cm³/mol. The molecule has 0 N–H and O–H groups in total. The van der Waals surface area contributed by atoms with Crippen LogP contribution in [0.1, 0.15) is 11.1 Å². The van der Waals surface area contributed by atoms with Crippen LogP contribution in [-0.4, -0.2) is 12.4 Å². The third kappa shape index (κ3) is 3.88. The molecule has 0 saturated carbocycles. The molecule has 0 amide bonds. The molecule has 2 nitrogen and oxygen atoms in total. The molecular weight excluding hydrogens is 262 g/mol. The molecule has 0 unspecified atom stereocenters. The summed E-state index contributed by atoms with van der Waals surface area (Å²) in [6.45, 7) is 1.62. The van der Waals surface area contributed by atoms with Gasteiger partial charge in [-0.25, -0.2) is 8.78 Å². The minimum absolute atomic E-state index is 0.0934. The number of hydrogen-bond acceptors (Lipinski definition) is 2. The summed E-state index contributed by atoms with van der Waals surface area (Å²) in [7, 11) is 0. The number of halogens is 2. The molecule has 0 radical (unpaired) electrons. The van der Waals surface area contributed by atoms with E-state index in [-0.39, 0.29) is 30.4 Å². The highest BCUT2D eigenvalue weighted by atomic mass is 19.1. The van der Waals surface area contributed by atoms with Gasteiger partial charge >= 0.3 is 0 Å². The molecular formula is C16H14F2O2. The summed E-state index contributed by atoms with van der Waals surface area (Å²) in [6, 6.07) is 9.89. The van der Waals surface area contributed by atoms with Crippen LogP contribution >= 0.6 is 0 Å². The van der Waals surface area contributed by atoms with Gasteiger partial charge in [-0.15, -0.1) is 0 Å². The summed E-state index contributed by atoms with van der Waals surface area (Å²) >= 11 is 0. The van der Waals surface area contributed by atoms with Gasteiger partial charge in [-0.1, -0.05) is 12.1 Å². The molecule has 0 aliphatic carbocycles. The minimum atomic E-state index is -0.340. The zero-order valence-corrected chi connectivity index (χ0v) is 11.0. The van der Waals surface area contributed by atoms with Crippen LogP contribution in [0.2, 0.25) is 0 Å². The first-order valence-corrected chi connectivity index (χ1v) is 6.19. The van der Waals surface area contributed by atoms with E-state index in [2.05, 4.69) is 0 Å². The van der Waals surface area contributed by atoms with Gasteiger partial charge in [0.1, 0.15) is 24.0 Å². The van der Waals surface area contributed by atoms with Crippen LogP contribution in [0.3, 0.4) is 0 Å². The van der Waals surface area contributed by atoms with Crippen molar-refractivity contribution in [2.45, 2.75) is 13.3 Å².